The van der Waals surface area contributed by atoms with Crippen molar-refractivity contribution in [3.8, 4) is 0 Å². The fraction of sp³-hybridized carbons (Fsp3) is 0.286. The number of hydrogen-bond acceptors (Lipinski definition) is 6. The summed E-state index contributed by atoms with van der Waals surface area (Å²) in [6.45, 7) is 2.02. The molecule has 0 bridgehead atoms. The van der Waals surface area contributed by atoms with E-state index in [1.807, 2.05) is 34.3 Å². The molecule has 0 aliphatic carbocycles. The predicted octanol–water partition coefficient (Wildman–Crippen LogP) is 3.69. The highest BCUT2D eigenvalue weighted by Gasteiger charge is 2.26. The van der Waals surface area contributed by atoms with Crippen molar-refractivity contribution in [3.05, 3.63) is 68.6 Å². The van der Waals surface area contributed by atoms with Crippen LogP contribution in [-0.2, 0) is 11.3 Å². The maximum Gasteiger partial charge on any atom is 0.251 e. The first-order valence-corrected chi connectivity index (χ1v) is 11.8. The largest absolute Gasteiger partial charge is 0.355 e. The number of aromatic nitrogens is 5. The van der Waals surface area contributed by atoms with Crippen LogP contribution in [0.15, 0.2) is 53.2 Å². The molecule has 4 aromatic rings. The monoisotopic (exact) mass is 487 g/mol. The molecule has 0 N–H and O–H groups in total. The van der Waals surface area contributed by atoms with Crippen LogP contribution in [0.2, 0.25) is 10.0 Å². The second-order valence-electron chi connectivity index (χ2n) is 7.59. The molecule has 0 unspecified atom stereocenters. The number of carbonyl (C=O) groups is 1. The van der Waals surface area contributed by atoms with Gasteiger partial charge in [0.25, 0.3) is 5.91 Å². The van der Waals surface area contributed by atoms with E-state index in [2.05, 4.69) is 25.2 Å². The molecule has 1 fully saturated rings. The summed E-state index contributed by atoms with van der Waals surface area (Å²) in [4.78, 5) is 20.2. The van der Waals surface area contributed by atoms with Crippen molar-refractivity contribution >= 4 is 51.9 Å². The standard InChI is InChI=1S/C21H19Cl2N7OS/c22-16-2-1-15(17(23)11-16)12-29-9-10-32-21(29)25-20(31)14-5-7-28(8-6-14)19-4-3-18-26-24-13-30(18)27-19/h1-4,9-11,13-14H,5-8,12H2. The summed E-state index contributed by atoms with van der Waals surface area (Å²) in [5.74, 6) is 0.681. The SMILES string of the molecule is O=C(N=c1sccn1Cc1ccc(Cl)cc1Cl)C1CCN(c2ccc3nncn3n2)CC1. The number of anilines is 1. The van der Waals surface area contributed by atoms with E-state index in [4.69, 9.17) is 23.2 Å². The third-order valence-corrected chi connectivity index (χ3v) is 6.92. The molecular formula is C21H19Cl2N7OS. The molecule has 0 saturated carbocycles. The van der Waals surface area contributed by atoms with Crippen LogP contribution in [0.25, 0.3) is 5.65 Å². The van der Waals surface area contributed by atoms with E-state index in [0.29, 0.717) is 27.0 Å². The van der Waals surface area contributed by atoms with Gasteiger partial charge in [-0.05, 0) is 42.7 Å². The molecule has 0 spiro atoms. The predicted molar refractivity (Wildman–Crippen MR) is 124 cm³/mol. The Labute approximate surface area is 197 Å². The quantitative estimate of drug-likeness (QED) is 0.438. The van der Waals surface area contributed by atoms with E-state index >= 15 is 0 Å². The molecule has 4 heterocycles. The summed E-state index contributed by atoms with van der Waals surface area (Å²) in [5.41, 5.74) is 1.64. The highest BCUT2D eigenvalue weighted by molar-refractivity contribution is 7.07. The van der Waals surface area contributed by atoms with Gasteiger partial charge in [-0.2, -0.15) is 9.51 Å². The number of nitrogens with zero attached hydrogens (tertiary/aromatic N) is 7. The first-order chi connectivity index (χ1) is 15.6. The summed E-state index contributed by atoms with van der Waals surface area (Å²) in [5, 5.41) is 15.5. The van der Waals surface area contributed by atoms with Gasteiger partial charge in [-0.15, -0.1) is 26.6 Å². The third-order valence-electron chi connectivity index (χ3n) is 5.54. The molecule has 0 radical (unpaired) electrons. The number of fused-ring (bicyclic) bond motifs is 1. The van der Waals surface area contributed by atoms with Crippen molar-refractivity contribution in [1.82, 2.24) is 24.4 Å². The van der Waals surface area contributed by atoms with E-state index in [-0.39, 0.29) is 11.8 Å². The fourth-order valence-electron chi connectivity index (χ4n) is 3.77. The molecule has 1 aliphatic heterocycles. The second-order valence-corrected chi connectivity index (χ2v) is 9.30. The number of thiazole rings is 1. The number of carbonyl (C=O) groups excluding carboxylic acids is 1. The van der Waals surface area contributed by atoms with Crippen molar-refractivity contribution in [2.45, 2.75) is 19.4 Å². The summed E-state index contributed by atoms with van der Waals surface area (Å²) in [6, 6.07) is 9.25. The van der Waals surface area contributed by atoms with Crippen LogP contribution in [-0.4, -0.2) is 43.4 Å². The molecule has 32 heavy (non-hydrogen) atoms. The van der Waals surface area contributed by atoms with Crippen LogP contribution < -0.4 is 9.70 Å². The zero-order chi connectivity index (χ0) is 22.1. The minimum Gasteiger partial charge on any atom is -0.355 e. The molecule has 0 atom stereocenters. The molecule has 11 heteroatoms. The van der Waals surface area contributed by atoms with Gasteiger partial charge in [0, 0.05) is 40.6 Å². The Bertz CT molecular complexity index is 1340. The van der Waals surface area contributed by atoms with E-state index < -0.39 is 0 Å². The average Bonchev–Trinajstić information content (AvgIpc) is 3.44. The van der Waals surface area contributed by atoms with Gasteiger partial charge in [-0.25, -0.2) is 0 Å². The highest BCUT2D eigenvalue weighted by atomic mass is 35.5. The maximum absolute atomic E-state index is 12.9. The van der Waals surface area contributed by atoms with Crippen molar-refractivity contribution in [3.63, 3.8) is 0 Å². The van der Waals surface area contributed by atoms with Gasteiger partial charge in [-0.3, -0.25) is 4.79 Å². The smallest absolute Gasteiger partial charge is 0.251 e. The molecular weight excluding hydrogens is 469 g/mol. The van der Waals surface area contributed by atoms with Gasteiger partial charge < -0.3 is 9.47 Å². The lowest BCUT2D eigenvalue weighted by molar-refractivity contribution is -0.122. The first-order valence-electron chi connectivity index (χ1n) is 10.2. The molecule has 5 rings (SSSR count). The fourth-order valence-corrected chi connectivity index (χ4v) is 4.97. The van der Waals surface area contributed by atoms with Gasteiger partial charge in [-0.1, -0.05) is 29.3 Å². The van der Waals surface area contributed by atoms with Crippen LogP contribution in [0.1, 0.15) is 18.4 Å². The van der Waals surface area contributed by atoms with Gasteiger partial charge in [0.05, 0.1) is 6.54 Å². The lowest BCUT2D eigenvalue weighted by Gasteiger charge is -2.31. The Morgan fingerprint density at radius 2 is 2.03 bits per heavy atom. The number of halogens is 2. The Hall–Kier alpha value is -2.75. The Morgan fingerprint density at radius 1 is 1.19 bits per heavy atom. The topological polar surface area (TPSA) is 80.7 Å². The average molecular weight is 488 g/mol. The number of rotatable bonds is 4. The van der Waals surface area contributed by atoms with Crippen LogP contribution in [0.3, 0.4) is 0 Å². The zero-order valence-corrected chi connectivity index (χ0v) is 19.3. The van der Waals surface area contributed by atoms with Crippen molar-refractivity contribution in [2.75, 3.05) is 18.0 Å². The van der Waals surface area contributed by atoms with Gasteiger partial charge >= 0.3 is 0 Å². The van der Waals surface area contributed by atoms with E-state index in [1.54, 1.807) is 23.0 Å². The summed E-state index contributed by atoms with van der Waals surface area (Å²) >= 11 is 13.7. The summed E-state index contributed by atoms with van der Waals surface area (Å²) in [6.07, 6.45) is 4.97. The lowest BCUT2D eigenvalue weighted by Crippen LogP contribution is -2.37. The highest BCUT2D eigenvalue weighted by Crippen LogP contribution is 2.23. The van der Waals surface area contributed by atoms with E-state index in [9.17, 15) is 4.79 Å². The molecule has 1 saturated heterocycles. The lowest BCUT2D eigenvalue weighted by atomic mass is 9.96. The molecule has 8 nitrogen and oxygen atoms in total. The number of piperidine rings is 1. The van der Waals surface area contributed by atoms with Gasteiger partial charge in [0.1, 0.15) is 12.1 Å². The number of hydrogen-bond donors (Lipinski definition) is 0. The molecule has 164 valence electrons. The van der Waals surface area contributed by atoms with E-state index in [0.717, 1.165) is 37.3 Å². The second kappa shape index (κ2) is 9.01. The van der Waals surface area contributed by atoms with Crippen LogP contribution in [0.4, 0.5) is 5.82 Å². The molecule has 1 amide bonds. The molecule has 1 aliphatic rings. The van der Waals surface area contributed by atoms with Crippen LogP contribution >= 0.6 is 34.5 Å². The number of amides is 1. The van der Waals surface area contributed by atoms with Gasteiger partial charge in [0.2, 0.25) is 0 Å². The van der Waals surface area contributed by atoms with Crippen molar-refractivity contribution in [2.24, 2.45) is 10.9 Å². The summed E-state index contributed by atoms with van der Waals surface area (Å²) in [7, 11) is 0. The van der Waals surface area contributed by atoms with Crippen molar-refractivity contribution < 1.29 is 4.79 Å². The van der Waals surface area contributed by atoms with Gasteiger partial charge in [0.15, 0.2) is 10.4 Å². The Morgan fingerprint density at radius 3 is 2.84 bits per heavy atom. The minimum atomic E-state index is -0.0976. The molecule has 1 aromatic carbocycles. The third kappa shape index (κ3) is 4.41. The normalized spacial score (nSPS) is 15.6. The Balaban J connectivity index is 1.26. The Kier molecular flexibility index (Phi) is 5.95. The van der Waals surface area contributed by atoms with Crippen LogP contribution in [0.5, 0.6) is 0 Å². The first kappa shape index (κ1) is 21.1. The van der Waals surface area contributed by atoms with Crippen LogP contribution in [0, 0.1) is 5.92 Å². The summed E-state index contributed by atoms with van der Waals surface area (Å²) < 4.78 is 3.59. The zero-order valence-electron chi connectivity index (χ0n) is 16.9. The molecule has 3 aromatic heterocycles. The maximum atomic E-state index is 12.9. The number of benzene rings is 1. The minimum absolute atomic E-state index is 0.0785. The van der Waals surface area contributed by atoms with E-state index in [1.165, 1.54) is 11.3 Å². The van der Waals surface area contributed by atoms with Crippen molar-refractivity contribution in [1.29, 1.82) is 0 Å².